The molecule has 1 aromatic heterocycles. The van der Waals surface area contributed by atoms with Gasteiger partial charge in [-0.05, 0) is 54.8 Å². The Kier molecular flexibility index (Phi) is 7.95. The predicted octanol–water partition coefficient (Wildman–Crippen LogP) is 3.89. The number of rotatable bonds is 10. The molecule has 4 heterocycles. The molecule has 6 rings (SSSR count). The van der Waals surface area contributed by atoms with Crippen molar-refractivity contribution in [1.29, 1.82) is 0 Å². The van der Waals surface area contributed by atoms with Crippen molar-refractivity contribution in [2.24, 2.45) is 9.98 Å². The molecule has 3 amide bonds. The van der Waals surface area contributed by atoms with Crippen LogP contribution in [-0.2, 0) is 27.5 Å². The first-order valence-electron chi connectivity index (χ1n) is 13.7. The molecule has 2 aromatic carbocycles. The highest BCUT2D eigenvalue weighted by Gasteiger charge is 2.42. The number of carbonyl (C=O) groups is 3. The van der Waals surface area contributed by atoms with E-state index in [0.717, 1.165) is 11.1 Å². The maximum absolute atomic E-state index is 13.6. The van der Waals surface area contributed by atoms with E-state index in [-0.39, 0.29) is 43.9 Å². The highest BCUT2D eigenvalue weighted by molar-refractivity contribution is 8.15. The van der Waals surface area contributed by atoms with E-state index < -0.39 is 11.3 Å². The maximum Gasteiger partial charge on any atom is 0.259 e. The molecule has 0 bridgehead atoms. The van der Waals surface area contributed by atoms with Gasteiger partial charge in [-0.3, -0.25) is 19.4 Å². The molecule has 0 fully saturated rings. The van der Waals surface area contributed by atoms with Gasteiger partial charge in [-0.1, -0.05) is 36.9 Å². The van der Waals surface area contributed by atoms with Gasteiger partial charge in [0.2, 0.25) is 18.6 Å². The first-order chi connectivity index (χ1) is 20.5. The average Bonchev–Trinajstić information content (AvgIpc) is 3.77. The number of hydrogen-bond acceptors (Lipinski definition) is 9. The van der Waals surface area contributed by atoms with Crippen molar-refractivity contribution < 1.29 is 28.3 Å². The van der Waals surface area contributed by atoms with E-state index >= 15 is 0 Å². The van der Waals surface area contributed by atoms with Gasteiger partial charge in [0.15, 0.2) is 16.7 Å². The van der Waals surface area contributed by atoms with Crippen molar-refractivity contribution >= 4 is 46.2 Å². The van der Waals surface area contributed by atoms with Gasteiger partial charge < -0.3 is 24.5 Å². The van der Waals surface area contributed by atoms with Crippen LogP contribution < -0.4 is 20.1 Å². The third-order valence-corrected chi connectivity index (χ3v) is 8.36. The lowest BCUT2D eigenvalue weighted by molar-refractivity contribution is -0.125. The van der Waals surface area contributed by atoms with E-state index in [1.807, 2.05) is 49.4 Å². The fraction of sp³-hybridized carbons (Fsp3) is 0.300. The molecule has 11 nitrogen and oxygen atoms in total. The molecule has 42 heavy (non-hydrogen) atoms. The summed E-state index contributed by atoms with van der Waals surface area (Å²) < 4.78 is 16.0. The second-order valence-corrected chi connectivity index (χ2v) is 11.0. The van der Waals surface area contributed by atoms with Gasteiger partial charge in [-0.15, -0.1) is 0 Å². The number of carbonyl (C=O) groups excluding carboxylic acids is 3. The Morgan fingerprint density at radius 3 is 2.76 bits per heavy atom. The van der Waals surface area contributed by atoms with Crippen LogP contribution in [0.2, 0.25) is 0 Å². The van der Waals surface area contributed by atoms with Gasteiger partial charge in [0.05, 0.1) is 23.7 Å². The van der Waals surface area contributed by atoms with Crippen LogP contribution in [0, 0.1) is 0 Å². The third-order valence-electron chi connectivity index (χ3n) is 7.05. The second kappa shape index (κ2) is 12.1. The Morgan fingerprint density at radius 1 is 1.07 bits per heavy atom. The largest absolute Gasteiger partial charge is 0.467 e. The molecule has 12 heteroatoms. The normalized spacial score (nSPS) is 17.2. The van der Waals surface area contributed by atoms with Gasteiger partial charge in [0, 0.05) is 18.5 Å². The summed E-state index contributed by atoms with van der Waals surface area (Å²) in [5.41, 5.74) is 2.30. The first kappa shape index (κ1) is 27.6. The number of hydrogen-bond donors (Lipinski definition) is 2. The van der Waals surface area contributed by atoms with Gasteiger partial charge in [0.25, 0.3) is 5.91 Å². The Labute approximate surface area is 246 Å². The van der Waals surface area contributed by atoms with Crippen LogP contribution in [0.15, 0.2) is 75.3 Å². The summed E-state index contributed by atoms with van der Waals surface area (Å²) in [5.74, 6) is 1.85. The number of ether oxygens (including phenoxy) is 2. The lowest BCUT2D eigenvalue weighted by Crippen LogP contribution is -2.43. The fourth-order valence-electron chi connectivity index (χ4n) is 4.83. The number of benzene rings is 2. The molecule has 2 atom stereocenters. The molecule has 0 radical (unpaired) electrons. The molecule has 0 saturated carbocycles. The van der Waals surface area contributed by atoms with Crippen molar-refractivity contribution in [1.82, 2.24) is 15.5 Å². The van der Waals surface area contributed by atoms with Crippen LogP contribution in [0.25, 0.3) is 0 Å². The van der Waals surface area contributed by atoms with Gasteiger partial charge >= 0.3 is 0 Å². The lowest BCUT2D eigenvalue weighted by atomic mass is 10.1. The molecule has 3 aliphatic rings. The zero-order chi connectivity index (χ0) is 29.1. The SMILES string of the molecule is CC[C@@H](SC1=Nc2ccccc2C2=N[C@H](CCC(=O)NCc3ccc4c(c3)OCO4)C(=O)N12)C(=O)NCc1ccco1. The quantitative estimate of drug-likeness (QED) is 0.368. The molecule has 3 aromatic rings. The van der Waals surface area contributed by atoms with Crippen molar-refractivity contribution in [2.45, 2.75) is 50.6 Å². The lowest BCUT2D eigenvalue weighted by Gasteiger charge is -2.27. The van der Waals surface area contributed by atoms with Crippen LogP contribution in [0.5, 0.6) is 11.5 Å². The Morgan fingerprint density at radius 2 is 1.93 bits per heavy atom. The molecule has 0 aliphatic carbocycles. The molecule has 216 valence electrons. The Bertz CT molecular complexity index is 1570. The van der Waals surface area contributed by atoms with Crippen LogP contribution in [0.4, 0.5) is 5.69 Å². The number of fused-ring (bicyclic) bond motifs is 4. The van der Waals surface area contributed by atoms with Gasteiger partial charge in [-0.25, -0.2) is 9.89 Å². The first-order valence-corrected chi connectivity index (χ1v) is 14.6. The topological polar surface area (TPSA) is 135 Å². The number of amidine groups is 2. The summed E-state index contributed by atoms with van der Waals surface area (Å²) in [6.07, 6.45) is 2.45. The van der Waals surface area contributed by atoms with E-state index in [9.17, 15) is 14.4 Å². The Balaban J connectivity index is 1.11. The molecular formula is C30H29N5O6S. The summed E-state index contributed by atoms with van der Waals surface area (Å²) in [6.45, 7) is 2.70. The van der Waals surface area contributed by atoms with Gasteiger partial charge in [-0.2, -0.15) is 0 Å². The number of furan rings is 1. The molecule has 0 spiro atoms. The minimum atomic E-state index is -0.735. The van der Waals surface area contributed by atoms with E-state index in [1.54, 1.807) is 18.4 Å². The van der Waals surface area contributed by atoms with Crippen molar-refractivity contribution in [2.75, 3.05) is 6.79 Å². The number of para-hydroxylation sites is 1. The van der Waals surface area contributed by atoms with Crippen LogP contribution in [0.3, 0.4) is 0 Å². The highest BCUT2D eigenvalue weighted by atomic mass is 32.2. The van der Waals surface area contributed by atoms with Crippen molar-refractivity contribution in [3.8, 4) is 11.5 Å². The number of thioether (sulfide) groups is 1. The number of amides is 3. The molecule has 0 unspecified atom stereocenters. The summed E-state index contributed by atoms with van der Waals surface area (Å²) in [4.78, 5) is 50.3. The van der Waals surface area contributed by atoms with E-state index in [1.165, 1.54) is 16.7 Å². The van der Waals surface area contributed by atoms with E-state index in [0.29, 0.717) is 46.9 Å². The predicted molar refractivity (Wildman–Crippen MR) is 157 cm³/mol. The fourth-order valence-corrected chi connectivity index (χ4v) is 5.87. The van der Waals surface area contributed by atoms with Crippen molar-refractivity contribution in [3.05, 3.63) is 77.7 Å². The Hall–Kier alpha value is -4.58. The zero-order valence-corrected chi connectivity index (χ0v) is 23.7. The summed E-state index contributed by atoms with van der Waals surface area (Å²) >= 11 is 1.23. The number of nitrogens with zero attached hydrogens (tertiary/aromatic N) is 3. The summed E-state index contributed by atoms with van der Waals surface area (Å²) in [7, 11) is 0. The third kappa shape index (κ3) is 5.75. The molecule has 0 saturated heterocycles. The van der Waals surface area contributed by atoms with Crippen LogP contribution in [0.1, 0.15) is 43.1 Å². The zero-order valence-electron chi connectivity index (χ0n) is 22.9. The maximum atomic E-state index is 13.6. The highest BCUT2D eigenvalue weighted by Crippen LogP contribution is 2.36. The minimum absolute atomic E-state index is 0.125. The van der Waals surface area contributed by atoms with E-state index in [2.05, 4.69) is 10.6 Å². The minimum Gasteiger partial charge on any atom is -0.467 e. The summed E-state index contributed by atoms with van der Waals surface area (Å²) in [6, 6.07) is 15.8. The average molecular weight is 588 g/mol. The molecule has 2 N–H and O–H groups in total. The van der Waals surface area contributed by atoms with Crippen LogP contribution >= 0.6 is 11.8 Å². The monoisotopic (exact) mass is 587 g/mol. The van der Waals surface area contributed by atoms with Crippen LogP contribution in [-0.4, -0.2) is 51.7 Å². The van der Waals surface area contributed by atoms with E-state index in [4.69, 9.17) is 23.9 Å². The second-order valence-electron chi connectivity index (χ2n) is 9.87. The smallest absolute Gasteiger partial charge is 0.259 e. The summed E-state index contributed by atoms with van der Waals surface area (Å²) in [5, 5.41) is 5.70. The number of nitrogens with one attached hydrogen (secondary N) is 2. The van der Waals surface area contributed by atoms with Gasteiger partial charge in [0.1, 0.15) is 17.6 Å². The molecule has 3 aliphatic heterocycles. The van der Waals surface area contributed by atoms with Crippen molar-refractivity contribution in [3.63, 3.8) is 0 Å². The standard InChI is InChI=1S/C30H29N5O6S/c1-2-25(28(37)32-16-19-6-5-13-39-19)42-30-34-21-8-4-3-7-20(21)27-33-22(29(38)35(27)30)10-12-26(36)31-15-18-9-11-23-24(14-18)41-17-40-23/h3-9,11,13-14,22,25H,2,10,12,15-17H2,1H3,(H,31,36)(H,32,37)/t22-,25-/m1/s1. The number of aliphatic imine (C=N–C) groups is 2. The molecular weight excluding hydrogens is 558 g/mol.